The number of carbonyl (C=O) groups is 1. The highest BCUT2D eigenvalue weighted by Crippen LogP contribution is 2.27. The Hall–Kier alpha value is -1.29. The van der Waals surface area contributed by atoms with Crippen LogP contribution in [0.4, 0.5) is 0 Å². The maximum atomic E-state index is 11.8. The quantitative estimate of drug-likeness (QED) is 0.742. The van der Waals surface area contributed by atoms with Crippen LogP contribution in [0.25, 0.3) is 11.0 Å². The lowest BCUT2D eigenvalue weighted by Gasteiger charge is -2.18. The molecule has 0 aliphatic rings. The first kappa shape index (κ1) is 12.2. The summed E-state index contributed by atoms with van der Waals surface area (Å²) in [6.45, 7) is 5.47. The molecule has 0 spiro atoms. The molecule has 0 fully saturated rings. The van der Waals surface area contributed by atoms with E-state index < -0.39 is 11.6 Å². The van der Waals surface area contributed by atoms with Gasteiger partial charge in [0.25, 0.3) is 0 Å². The first-order chi connectivity index (χ1) is 7.87. The number of para-hydroxylation sites is 1. The first-order valence-electron chi connectivity index (χ1n) is 5.28. The fourth-order valence-electron chi connectivity index (χ4n) is 1.46. The zero-order valence-corrected chi connectivity index (χ0v) is 11.5. The molecule has 0 saturated heterocycles. The lowest BCUT2D eigenvalue weighted by atomic mass is 10.2. The van der Waals surface area contributed by atoms with Gasteiger partial charge in [-0.3, -0.25) is 0 Å². The zero-order valence-electron chi connectivity index (χ0n) is 9.91. The summed E-state index contributed by atoms with van der Waals surface area (Å²) >= 11 is 3.37. The molecule has 0 unspecified atom stereocenters. The van der Waals surface area contributed by atoms with Gasteiger partial charge < -0.3 is 9.15 Å². The van der Waals surface area contributed by atoms with Gasteiger partial charge in [0, 0.05) is 5.39 Å². The summed E-state index contributed by atoms with van der Waals surface area (Å²) in [5.74, 6) is -0.220. The lowest BCUT2D eigenvalue weighted by molar-refractivity contribution is 0.00382. The fraction of sp³-hybridized carbons (Fsp3) is 0.308. The van der Waals surface area contributed by atoms with Crippen LogP contribution in [0, 0.1) is 0 Å². The number of hydrogen-bond donors (Lipinski definition) is 0. The van der Waals surface area contributed by atoms with E-state index >= 15 is 0 Å². The van der Waals surface area contributed by atoms with Crippen LogP contribution in [0.1, 0.15) is 31.3 Å². The van der Waals surface area contributed by atoms with Gasteiger partial charge in [-0.15, -0.1) is 0 Å². The normalized spacial score (nSPS) is 11.8. The molecule has 0 amide bonds. The molecule has 1 aromatic carbocycles. The van der Waals surface area contributed by atoms with Crippen LogP contribution in [0.5, 0.6) is 0 Å². The molecule has 0 saturated carbocycles. The second kappa shape index (κ2) is 4.18. The molecule has 1 heterocycles. The molecule has 90 valence electrons. The maximum Gasteiger partial charge on any atom is 0.374 e. The van der Waals surface area contributed by atoms with E-state index in [1.807, 2.05) is 39.0 Å². The molecule has 0 bridgehead atoms. The van der Waals surface area contributed by atoms with Gasteiger partial charge in [-0.05, 0) is 48.8 Å². The minimum absolute atomic E-state index is 0.224. The van der Waals surface area contributed by atoms with E-state index in [9.17, 15) is 4.79 Å². The van der Waals surface area contributed by atoms with Crippen LogP contribution in [-0.4, -0.2) is 11.6 Å². The van der Waals surface area contributed by atoms with Gasteiger partial charge in [0.2, 0.25) is 5.76 Å². The number of ether oxygens (including phenoxy) is 1. The number of hydrogen-bond acceptors (Lipinski definition) is 3. The van der Waals surface area contributed by atoms with Crippen LogP contribution in [-0.2, 0) is 4.74 Å². The minimum Gasteiger partial charge on any atom is -0.454 e. The molecule has 0 N–H and O–H groups in total. The summed E-state index contributed by atoms with van der Waals surface area (Å²) in [6.07, 6.45) is 0. The van der Waals surface area contributed by atoms with Crippen LogP contribution in [0.3, 0.4) is 0 Å². The van der Waals surface area contributed by atoms with Crippen molar-refractivity contribution < 1.29 is 13.9 Å². The maximum absolute atomic E-state index is 11.8. The average molecular weight is 297 g/mol. The molecule has 4 heteroatoms. The average Bonchev–Trinajstić information content (AvgIpc) is 2.60. The van der Waals surface area contributed by atoms with Crippen molar-refractivity contribution in [1.82, 2.24) is 0 Å². The standard InChI is InChI=1S/C13H13BrO3/c1-13(2,3)17-12(15)10-7-8-5-4-6-9(14)11(8)16-10/h4-7H,1-3H3. The first-order valence-corrected chi connectivity index (χ1v) is 6.07. The second-order valence-corrected chi connectivity index (χ2v) is 5.63. The number of rotatable bonds is 1. The second-order valence-electron chi connectivity index (χ2n) is 4.77. The van der Waals surface area contributed by atoms with Gasteiger partial charge in [0.05, 0.1) is 4.47 Å². The monoisotopic (exact) mass is 296 g/mol. The predicted molar refractivity (Wildman–Crippen MR) is 69.1 cm³/mol. The summed E-state index contributed by atoms with van der Waals surface area (Å²) in [7, 11) is 0. The highest BCUT2D eigenvalue weighted by atomic mass is 79.9. The van der Waals surface area contributed by atoms with Crippen molar-refractivity contribution >= 4 is 32.9 Å². The molecular formula is C13H13BrO3. The molecule has 0 aliphatic heterocycles. The van der Waals surface area contributed by atoms with Crippen LogP contribution in [0.15, 0.2) is 33.2 Å². The number of halogens is 1. The van der Waals surface area contributed by atoms with Crippen molar-refractivity contribution in [2.75, 3.05) is 0 Å². The van der Waals surface area contributed by atoms with Gasteiger partial charge in [-0.2, -0.15) is 0 Å². The summed E-state index contributed by atoms with van der Waals surface area (Å²) in [5, 5.41) is 0.875. The third-order valence-electron chi connectivity index (χ3n) is 2.10. The number of carbonyl (C=O) groups excluding carboxylic acids is 1. The number of furan rings is 1. The summed E-state index contributed by atoms with van der Waals surface area (Å²) in [4.78, 5) is 11.8. The molecular weight excluding hydrogens is 284 g/mol. The van der Waals surface area contributed by atoms with Crippen LogP contribution in [0.2, 0.25) is 0 Å². The van der Waals surface area contributed by atoms with E-state index in [0.717, 1.165) is 9.86 Å². The van der Waals surface area contributed by atoms with Crippen molar-refractivity contribution in [3.8, 4) is 0 Å². The third kappa shape index (κ3) is 2.69. The van der Waals surface area contributed by atoms with Crippen molar-refractivity contribution in [2.45, 2.75) is 26.4 Å². The SMILES string of the molecule is CC(C)(C)OC(=O)c1cc2cccc(Br)c2o1. The Balaban J connectivity index is 2.37. The topological polar surface area (TPSA) is 39.4 Å². The van der Waals surface area contributed by atoms with Gasteiger partial charge in [0.15, 0.2) is 0 Å². The molecule has 3 nitrogen and oxygen atoms in total. The molecule has 1 aromatic heterocycles. The molecule has 17 heavy (non-hydrogen) atoms. The smallest absolute Gasteiger partial charge is 0.374 e. The van der Waals surface area contributed by atoms with Gasteiger partial charge in [-0.1, -0.05) is 12.1 Å². The van der Waals surface area contributed by atoms with Crippen molar-refractivity contribution in [2.24, 2.45) is 0 Å². The highest BCUT2D eigenvalue weighted by molar-refractivity contribution is 9.10. The highest BCUT2D eigenvalue weighted by Gasteiger charge is 2.21. The summed E-state index contributed by atoms with van der Waals surface area (Å²) in [5.41, 5.74) is 0.140. The lowest BCUT2D eigenvalue weighted by Crippen LogP contribution is -2.23. The Morgan fingerprint density at radius 1 is 1.35 bits per heavy atom. The third-order valence-corrected chi connectivity index (χ3v) is 2.72. The van der Waals surface area contributed by atoms with E-state index in [2.05, 4.69) is 15.9 Å². The van der Waals surface area contributed by atoms with Gasteiger partial charge in [-0.25, -0.2) is 4.79 Å². The number of fused-ring (bicyclic) bond motifs is 1. The molecule has 0 aliphatic carbocycles. The largest absolute Gasteiger partial charge is 0.454 e. The van der Waals surface area contributed by atoms with E-state index in [0.29, 0.717) is 5.58 Å². The van der Waals surface area contributed by atoms with Crippen LogP contribution >= 0.6 is 15.9 Å². The Bertz CT molecular complexity index is 564. The van der Waals surface area contributed by atoms with Gasteiger partial charge in [0.1, 0.15) is 11.2 Å². The Labute approximate surface area is 108 Å². The van der Waals surface area contributed by atoms with E-state index in [4.69, 9.17) is 9.15 Å². The molecule has 0 atom stereocenters. The van der Waals surface area contributed by atoms with Crippen molar-refractivity contribution in [3.63, 3.8) is 0 Å². The van der Waals surface area contributed by atoms with E-state index in [1.165, 1.54) is 0 Å². The number of benzene rings is 1. The van der Waals surface area contributed by atoms with Crippen LogP contribution < -0.4 is 0 Å². The Morgan fingerprint density at radius 3 is 2.65 bits per heavy atom. The number of esters is 1. The van der Waals surface area contributed by atoms with E-state index in [1.54, 1.807) is 6.07 Å². The van der Waals surface area contributed by atoms with Crippen molar-refractivity contribution in [3.05, 3.63) is 34.5 Å². The summed E-state index contributed by atoms with van der Waals surface area (Å²) in [6, 6.07) is 7.33. The Morgan fingerprint density at radius 2 is 2.06 bits per heavy atom. The summed E-state index contributed by atoms with van der Waals surface area (Å²) < 4.78 is 11.6. The molecule has 2 aromatic rings. The van der Waals surface area contributed by atoms with E-state index in [-0.39, 0.29) is 5.76 Å². The fourth-order valence-corrected chi connectivity index (χ4v) is 1.92. The predicted octanol–water partition coefficient (Wildman–Crippen LogP) is 4.15. The minimum atomic E-state index is -0.521. The molecule has 0 radical (unpaired) electrons. The van der Waals surface area contributed by atoms with Gasteiger partial charge >= 0.3 is 5.97 Å². The van der Waals surface area contributed by atoms with Crippen molar-refractivity contribution in [1.29, 1.82) is 0 Å². The zero-order chi connectivity index (χ0) is 12.6. The molecule has 2 rings (SSSR count). The Kier molecular flexibility index (Phi) is 3.00.